The van der Waals surface area contributed by atoms with Gasteiger partial charge >= 0.3 is 7.60 Å². The van der Waals surface area contributed by atoms with Crippen molar-refractivity contribution < 1.29 is 13.6 Å². The Labute approximate surface area is 66.9 Å². The first kappa shape index (κ1) is 8.98. The van der Waals surface area contributed by atoms with E-state index in [0.29, 0.717) is 13.2 Å². The van der Waals surface area contributed by atoms with Crippen molar-refractivity contribution in [3.05, 3.63) is 11.9 Å². The molecule has 11 heavy (non-hydrogen) atoms. The van der Waals surface area contributed by atoms with Gasteiger partial charge in [-0.2, -0.15) is 0 Å². The molecular weight excluding hydrogens is 163 g/mol. The lowest BCUT2D eigenvalue weighted by Crippen LogP contribution is -1.91. The Morgan fingerprint density at radius 3 is 3.09 bits per heavy atom. The normalized spacial score (nSPS) is 29.5. The Bertz CT molecular complexity index is 188. The van der Waals surface area contributed by atoms with E-state index in [0.717, 1.165) is 12.8 Å². The first-order chi connectivity index (χ1) is 5.27. The fourth-order valence-electron chi connectivity index (χ4n) is 0.779. The minimum absolute atomic E-state index is 0.420. The molecule has 1 aliphatic rings. The molecule has 1 aliphatic heterocycles. The number of rotatable bonds is 4. The van der Waals surface area contributed by atoms with Crippen LogP contribution in [0.4, 0.5) is 0 Å². The summed E-state index contributed by atoms with van der Waals surface area (Å²) in [6.07, 6.45) is 3.71. The molecule has 0 N–H and O–H groups in total. The minimum Gasteiger partial charge on any atom is -0.306 e. The van der Waals surface area contributed by atoms with Crippen LogP contribution in [0.3, 0.4) is 0 Å². The van der Waals surface area contributed by atoms with E-state index in [1.165, 1.54) is 5.82 Å². The molecule has 1 unspecified atom stereocenters. The van der Waals surface area contributed by atoms with Crippen molar-refractivity contribution in [1.29, 1.82) is 0 Å². The average Bonchev–Trinajstić information content (AvgIpc) is 2.38. The van der Waals surface area contributed by atoms with Crippen LogP contribution in [-0.4, -0.2) is 13.2 Å². The maximum Gasteiger partial charge on any atom is 0.354 e. The van der Waals surface area contributed by atoms with Gasteiger partial charge in [-0.1, -0.05) is 19.4 Å². The van der Waals surface area contributed by atoms with Crippen LogP contribution in [0.25, 0.3) is 0 Å². The van der Waals surface area contributed by atoms with Gasteiger partial charge in [0.1, 0.15) is 0 Å². The Morgan fingerprint density at radius 1 is 1.73 bits per heavy atom. The zero-order chi connectivity index (χ0) is 8.16. The molecule has 0 aromatic heterocycles. The van der Waals surface area contributed by atoms with E-state index in [1.807, 2.05) is 0 Å². The Balaban J connectivity index is 2.24. The molecule has 3 nitrogen and oxygen atoms in total. The lowest BCUT2D eigenvalue weighted by Gasteiger charge is -2.08. The second-order valence-corrected chi connectivity index (χ2v) is 4.30. The van der Waals surface area contributed by atoms with Crippen LogP contribution in [0.5, 0.6) is 0 Å². The van der Waals surface area contributed by atoms with Gasteiger partial charge in [0.2, 0.25) is 0 Å². The molecule has 0 fully saturated rings. The largest absolute Gasteiger partial charge is 0.354 e. The SMILES string of the molecule is CCCCOP1(=O)C=CCO1. The van der Waals surface area contributed by atoms with Crippen LogP contribution >= 0.6 is 7.60 Å². The monoisotopic (exact) mass is 176 g/mol. The summed E-state index contributed by atoms with van der Waals surface area (Å²) in [4.78, 5) is 0. The smallest absolute Gasteiger partial charge is 0.306 e. The lowest BCUT2D eigenvalue weighted by atomic mass is 10.4. The predicted molar refractivity (Wildman–Crippen MR) is 43.6 cm³/mol. The van der Waals surface area contributed by atoms with E-state index in [9.17, 15) is 4.57 Å². The summed E-state index contributed by atoms with van der Waals surface area (Å²) >= 11 is 0. The second kappa shape index (κ2) is 4.05. The van der Waals surface area contributed by atoms with Gasteiger partial charge in [0.25, 0.3) is 0 Å². The molecule has 0 aromatic rings. The van der Waals surface area contributed by atoms with Crippen molar-refractivity contribution in [2.75, 3.05) is 13.2 Å². The highest BCUT2D eigenvalue weighted by Crippen LogP contribution is 2.52. The number of hydrogen-bond donors (Lipinski definition) is 0. The highest BCUT2D eigenvalue weighted by Gasteiger charge is 2.23. The summed E-state index contributed by atoms with van der Waals surface area (Å²) in [6.45, 7) is 3.01. The van der Waals surface area contributed by atoms with Gasteiger partial charge in [0.15, 0.2) is 0 Å². The van der Waals surface area contributed by atoms with E-state index >= 15 is 0 Å². The van der Waals surface area contributed by atoms with Gasteiger partial charge in [-0.05, 0) is 6.42 Å². The molecule has 0 spiro atoms. The summed E-state index contributed by atoms with van der Waals surface area (Å²) in [7, 11) is -2.78. The maximum absolute atomic E-state index is 11.4. The first-order valence-corrected chi connectivity index (χ1v) is 5.44. The van der Waals surface area contributed by atoms with Crippen molar-refractivity contribution >= 4 is 7.60 Å². The molecular formula is C7H13O3P. The van der Waals surface area contributed by atoms with Crippen molar-refractivity contribution in [3.63, 3.8) is 0 Å². The van der Waals surface area contributed by atoms with Crippen LogP contribution in [0, 0.1) is 0 Å². The van der Waals surface area contributed by atoms with E-state index < -0.39 is 7.60 Å². The third-order valence-electron chi connectivity index (χ3n) is 1.41. The van der Waals surface area contributed by atoms with Gasteiger partial charge < -0.3 is 9.05 Å². The Morgan fingerprint density at radius 2 is 2.55 bits per heavy atom. The zero-order valence-electron chi connectivity index (χ0n) is 6.66. The molecule has 64 valence electrons. The topological polar surface area (TPSA) is 35.5 Å². The quantitative estimate of drug-likeness (QED) is 0.487. The van der Waals surface area contributed by atoms with Crippen LogP contribution in [-0.2, 0) is 13.6 Å². The van der Waals surface area contributed by atoms with Crippen molar-refractivity contribution in [2.45, 2.75) is 19.8 Å². The van der Waals surface area contributed by atoms with E-state index in [2.05, 4.69) is 6.92 Å². The number of hydrogen-bond acceptors (Lipinski definition) is 3. The van der Waals surface area contributed by atoms with Crippen molar-refractivity contribution in [2.24, 2.45) is 0 Å². The average molecular weight is 176 g/mol. The molecule has 0 bridgehead atoms. The standard InChI is InChI=1S/C7H13O3P/c1-2-3-5-9-11(8)7-4-6-10-11/h4,7H,2-3,5-6H2,1H3. The van der Waals surface area contributed by atoms with Crippen LogP contribution in [0.15, 0.2) is 11.9 Å². The molecule has 4 heteroatoms. The lowest BCUT2D eigenvalue weighted by molar-refractivity contribution is 0.231. The van der Waals surface area contributed by atoms with Crippen LogP contribution < -0.4 is 0 Å². The molecule has 0 saturated heterocycles. The van der Waals surface area contributed by atoms with Gasteiger partial charge in [0, 0.05) is 5.82 Å². The van der Waals surface area contributed by atoms with Crippen LogP contribution in [0.2, 0.25) is 0 Å². The summed E-state index contributed by atoms with van der Waals surface area (Å²) in [6, 6.07) is 0. The Kier molecular flexibility index (Phi) is 3.31. The maximum atomic E-state index is 11.4. The summed E-state index contributed by atoms with van der Waals surface area (Å²) in [5.41, 5.74) is 0. The fourth-order valence-corrected chi connectivity index (χ4v) is 2.05. The molecule has 1 rings (SSSR count). The van der Waals surface area contributed by atoms with E-state index in [-0.39, 0.29) is 0 Å². The molecule has 0 radical (unpaired) electrons. The third-order valence-corrected chi connectivity index (χ3v) is 3.04. The number of unbranched alkanes of at least 4 members (excludes halogenated alkanes) is 1. The summed E-state index contributed by atoms with van der Waals surface area (Å²) in [5, 5.41) is 0. The molecule has 0 aliphatic carbocycles. The van der Waals surface area contributed by atoms with Gasteiger partial charge in [0.05, 0.1) is 13.2 Å². The Hall–Kier alpha value is -0.110. The molecule has 0 aromatic carbocycles. The first-order valence-electron chi connectivity index (χ1n) is 3.83. The fraction of sp³-hybridized carbons (Fsp3) is 0.714. The van der Waals surface area contributed by atoms with E-state index in [4.69, 9.17) is 9.05 Å². The van der Waals surface area contributed by atoms with Gasteiger partial charge in [-0.25, -0.2) is 0 Å². The predicted octanol–water partition coefficient (Wildman–Crippen LogP) is 2.54. The van der Waals surface area contributed by atoms with Crippen molar-refractivity contribution in [3.8, 4) is 0 Å². The molecule has 0 amide bonds. The van der Waals surface area contributed by atoms with Gasteiger partial charge in [-0.3, -0.25) is 4.57 Å². The summed E-state index contributed by atoms with van der Waals surface area (Å²) < 4.78 is 21.3. The molecule has 0 saturated carbocycles. The van der Waals surface area contributed by atoms with Crippen LogP contribution in [0.1, 0.15) is 19.8 Å². The highest BCUT2D eigenvalue weighted by molar-refractivity contribution is 7.57. The third kappa shape index (κ3) is 2.78. The molecule has 1 heterocycles. The zero-order valence-corrected chi connectivity index (χ0v) is 7.55. The molecule has 1 atom stereocenters. The minimum atomic E-state index is -2.78. The highest BCUT2D eigenvalue weighted by atomic mass is 31.2. The summed E-state index contributed by atoms with van der Waals surface area (Å²) in [5.74, 6) is 1.53. The van der Waals surface area contributed by atoms with Crippen molar-refractivity contribution in [1.82, 2.24) is 0 Å². The second-order valence-electron chi connectivity index (χ2n) is 2.41. The van der Waals surface area contributed by atoms with Gasteiger partial charge in [-0.15, -0.1) is 0 Å². The van der Waals surface area contributed by atoms with E-state index in [1.54, 1.807) is 6.08 Å².